The molecule has 0 fully saturated rings. The number of non-ortho nitro benzene ring substituents is 1. The first-order valence-corrected chi connectivity index (χ1v) is 9.81. The van der Waals surface area contributed by atoms with Crippen LogP contribution in [-0.2, 0) is 17.8 Å². The number of nitrogens with one attached hydrogen (secondary N) is 1. The molecule has 0 heterocycles. The van der Waals surface area contributed by atoms with Crippen molar-refractivity contribution in [2.24, 2.45) is 5.10 Å². The smallest absolute Gasteiger partial charge is 0.269 e. The van der Waals surface area contributed by atoms with Crippen LogP contribution in [-0.4, -0.2) is 17.0 Å². The van der Waals surface area contributed by atoms with Crippen LogP contribution < -0.4 is 10.2 Å². The number of nitrogens with zero attached hydrogens (tertiary/aromatic N) is 2. The Morgan fingerprint density at radius 3 is 2.27 bits per heavy atom. The van der Waals surface area contributed by atoms with E-state index < -0.39 is 4.92 Å². The van der Waals surface area contributed by atoms with Gasteiger partial charge in [-0.05, 0) is 53.1 Å². The number of nitro groups is 1. The molecular weight excluding hydrogens is 450 g/mol. The third-order valence-electron chi connectivity index (χ3n) is 4.11. The molecule has 0 aromatic heterocycles. The van der Waals surface area contributed by atoms with Crippen molar-refractivity contribution in [1.82, 2.24) is 5.43 Å². The number of halogens is 1. The van der Waals surface area contributed by atoms with Crippen molar-refractivity contribution in [3.8, 4) is 5.75 Å². The van der Waals surface area contributed by atoms with Gasteiger partial charge in [0, 0.05) is 16.6 Å². The number of carbonyl (C=O) groups excluding carboxylic acids is 1. The zero-order valence-electron chi connectivity index (χ0n) is 15.8. The van der Waals surface area contributed by atoms with E-state index in [4.69, 9.17) is 4.74 Å². The molecule has 30 heavy (non-hydrogen) atoms. The van der Waals surface area contributed by atoms with Gasteiger partial charge < -0.3 is 4.74 Å². The highest BCUT2D eigenvalue weighted by Gasteiger charge is 2.06. The second kappa shape index (κ2) is 10.3. The zero-order chi connectivity index (χ0) is 21.3. The monoisotopic (exact) mass is 467 g/mol. The Hall–Kier alpha value is -3.52. The van der Waals surface area contributed by atoms with E-state index >= 15 is 0 Å². The van der Waals surface area contributed by atoms with Crippen molar-refractivity contribution in [3.63, 3.8) is 0 Å². The lowest BCUT2D eigenvalue weighted by atomic mass is 10.1. The number of hydrogen-bond donors (Lipinski definition) is 1. The Labute approximate surface area is 181 Å². The van der Waals surface area contributed by atoms with E-state index in [1.54, 1.807) is 12.1 Å². The van der Waals surface area contributed by atoms with Crippen LogP contribution in [0.25, 0.3) is 0 Å². The van der Waals surface area contributed by atoms with E-state index in [-0.39, 0.29) is 18.0 Å². The number of benzene rings is 3. The number of nitro benzene ring substituents is 1. The van der Waals surface area contributed by atoms with E-state index in [0.29, 0.717) is 12.2 Å². The van der Waals surface area contributed by atoms with Crippen molar-refractivity contribution in [2.45, 2.75) is 13.0 Å². The molecule has 7 nitrogen and oxygen atoms in total. The average molecular weight is 468 g/mol. The molecule has 3 aromatic rings. The summed E-state index contributed by atoms with van der Waals surface area (Å²) in [6.45, 7) is 0.472. The quantitative estimate of drug-likeness (QED) is 0.296. The molecule has 152 valence electrons. The first-order chi connectivity index (χ1) is 14.5. The van der Waals surface area contributed by atoms with Gasteiger partial charge in [0.15, 0.2) is 0 Å². The normalized spacial score (nSPS) is 10.7. The van der Waals surface area contributed by atoms with Gasteiger partial charge in [0.05, 0.1) is 17.6 Å². The Balaban J connectivity index is 1.45. The minimum absolute atomic E-state index is 0.0125. The van der Waals surface area contributed by atoms with Gasteiger partial charge >= 0.3 is 0 Å². The van der Waals surface area contributed by atoms with Crippen molar-refractivity contribution >= 4 is 33.7 Å². The molecule has 0 saturated heterocycles. The molecule has 1 N–H and O–H groups in total. The summed E-state index contributed by atoms with van der Waals surface area (Å²) in [4.78, 5) is 22.1. The van der Waals surface area contributed by atoms with E-state index in [1.165, 1.54) is 18.3 Å². The minimum atomic E-state index is -0.481. The summed E-state index contributed by atoms with van der Waals surface area (Å²) in [7, 11) is 0. The topological polar surface area (TPSA) is 93.8 Å². The predicted molar refractivity (Wildman–Crippen MR) is 117 cm³/mol. The molecule has 0 aliphatic heterocycles. The van der Waals surface area contributed by atoms with E-state index in [9.17, 15) is 14.9 Å². The second-order valence-electron chi connectivity index (χ2n) is 6.38. The third-order valence-corrected chi connectivity index (χ3v) is 4.64. The fourth-order valence-corrected chi connectivity index (χ4v) is 2.80. The molecule has 0 radical (unpaired) electrons. The Bertz CT molecular complexity index is 1030. The van der Waals surface area contributed by atoms with Crippen LogP contribution >= 0.6 is 15.9 Å². The molecule has 0 aliphatic carbocycles. The van der Waals surface area contributed by atoms with Gasteiger partial charge in [0.2, 0.25) is 5.91 Å². The third kappa shape index (κ3) is 6.52. The van der Waals surface area contributed by atoms with Crippen molar-refractivity contribution in [3.05, 3.63) is 104 Å². The summed E-state index contributed by atoms with van der Waals surface area (Å²) < 4.78 is 6.77. The average Bonchev–Trinajstić information content (AvgIpc) is 2.74. The van der Waals surface area contributed by atoms with Crippen LogP contribution in [0.2, 0.25) is 0 Å². The number of ether oxygens (including phenoxy) is 1. The van der Waals surface area contributed by atoms with Gasteiger partial charge in [0.1, 0.15) is 12.4 Å². The lowest BCUT2D eigenvalue weighted by Gasteiger charge is -2.06. The molecule has 0 saturated carbocycles. The van der Waals surface area contributed by atoms with Crippen LogP contribution in [0.5, 0.6) is 5.75 Å². The lowest BCUT2D eigenvalue weighted by molar-refractivity contribution is -0.384. The Morgan fingerprint density at radius 2 is 1.63 bits per heavy atom. The predicted octanol–water partition coefficient (Wildman–Crippen LogP) is 4.63. The second-order valence-corrected chi connectivity index (χ2v) is 7.29. The number of hydrogen-bond acceptors (Lipinski definition) is 5. The maximum absolute atomic E-state index is 11.9. The van der Waals surface area contributed by atoms with Gasteiger partial charge in [-0.25, -0.2) is 5.43 Å². The summed E-state index contributed by atoms with van der Waals surface area (Å²) in [5, 5.41) is 14.6. The standard InChI is InChI=1S/C22H18BrN3O4/c23-19-7-1-18(2-8-19)15-30-21-11-5-17(6-12-21)14-24-25-22(27)13-16-3-9-20(10-4-16)26(28)29/h1-12,14H,13,15H2,(H,25,27)/b24-14-. The van der Waals surface area contributed by atoms with Crippen LogP contribution in [0.4, 0.5) is 5.69 Å². The van der Waals surface area contributed by atoms with Gasteiger partial charge in [-0.2, -0.15) is 5.10 Å². The Kier molecular flexibility index (Phi) is 7.29. The largest absolute Gasteiger partial charge is 0.489 e. The highest BCUT2D eigenvalue weighted by molar-refractivity contribution is 9.10. The number of hydrazone groups is 1. The van der Waals surface area contributed by atoms with E-state index in [0.717, 1.165) is 21.3 Å². The van der Waals surface area contributed by atoms with E-state index in [2.05, 4.69) is 26.5 Å². The van der Waals surface area contributed by atoms with Crippen LogP contribution in [0, 0.1) is 10.1 Å². The fourth-order valence-electron chi connectivity index (χ4n) is 2.54. The molecule has 3 aromatic carbocycles. The molecule has 0 unspecified atom stereocenters. The number of carbonyl (C=O) groups is 1. The molecule has 3 rings (SSSR count). The highest BCUT2D eigenvalue weighted by atomic mass is 79.9. The maximum atomic E-state index is 11.9. The summed E-state index contributed by atoms with van der Waals surface area (Å²) in [5.41, 5.74) is 4.98. The highest BCUT2D eigenvalue weighted by Crippen LogP contribution is 2.16. The van der Waals surface area contributed by atoms with Crippen LogP contribution in [0.15, 0.2) is 82.4 Å². The summed E-state index contributed by atoms with van der Waals surface area (Å²) in [6, 6.07) is 21.1. The van der Waals surface area contributed by atoms with Gasteiger partial charge in [-0.15, -0.1) is 0 Å². The van der Waals surface area contributed by atoms with Gasteiger partial charge in [-0.3, -0.25) is 14.9 Å². The molecule has 1 amide bonds. The summed E-state index contributed by atoms with van der Waals surface area (Å²) in [5.74, 6) is 0.423. The molecule has 8 heteroatoms. The molecule has 0 spiro atoms. The Morgan fingerprint density at radius 1 is 1.00 bits per heavy atom. The van der Waals surface area contributed by atoms with Gasteiger partial charge in [0.25, 0.3) is 5.69 Å². The molecule has 0 bridgehead atoms. The van der Waals surface area contributed by atoms with Gasteiger partial charge in [-0.1, -0.05) is 40.2 Å². The molecule has 0 aliphatic rings. The number of amides is 1. The van der Waals surface area contributed by atoms with Crippen molar-refractivity contribution in [2.75, 3.05) is 0 Å². The zero-order valence-corrected chi connectivity index (χ0v) is 17.4. The SMILES string of the molecule is O=C(Cc1ccc([N+](=O)[O-])cc1)N/N=C\c1ccc(OCc2ccc(Br)cc2)cc1. The fraction of sp³-hybridized carbons (Fsp3) is 0.0909. The summed E-state index contributed by atoms with van der Waals surface area (Å²) in [6.07, 6.45) is 1.62. The van der Waals surface area contributed by atoms with E-state index in [1.807, 2.05) is 48.5 Å². The van der Waals surface area contributed by atoms with Crippen molar-refractivity contribution in [1.29, 1.82) is 0 Å². The van der Waals surface area contributed by atoms with Crippen LogP contribution in [0.3, 0.4) is 0 Å². The molecule has 0 atom stereocenters. The number of rotatable bonds is 8. The molecular formula is C22H18BrN3O4. The first kappa shape index (κ1) is 21.2. The summed E-state index contributed by atoms with van der Waals surface area (Å²) >= 11 is 3.40. The lowest BCUT2D eigenvalue weighted by Crippen LogP contribution is -2.19. The van der Waals surface area contributed by atoms with Crippen LogP contribution in [0.1, 0.15) is 16.7 Å². The van der Waals surface area contributed by atoms with Crippen molar-refractivity contribution < 1.29 is 14.5 Å². The maximum Gasteiger partial charge on any atom is 0.269 e. The first-order valence-electron chi connectivity index (χ1n) is 9.02. The minimum Gasteiger partial charge on any atom is -0.489 e.